The van der Waals surface area contributed by atoms with E-state index >= 15 is 0 Å². The molecule has 0 saturated heterocycles. The molecule has 0 aromatic heterocycles. The molecule has 0 heterocycles. The Morgan fingerprint density at radius 1 is 1.12 bits per heavy atom. The molecule has 0 aromatic rings. The van der Waals surface area contributed by atoms with Crippen LogP contribution in [0.3, 0.4) is 0 Å². The maximum atomic E-state index is 6.19. The number of hydrogen-bond acceptors (Lipinski definition) is 1. The summed E-state index contributed by atoms with van der Waals surface area (Å²) in [6.45, 7) is 3.31. The standard InChI is InChI=1S/C15H28N2/c1-2-15(10-6-7-11-15)12-17-14(16)13-8-4-3-5-9-13/h13H,2-12H2,1H3,(H2,16,17). The number of aliphatic imine (C=N–C) groups is 1. The summed E-state index contributed by atoms with van der Waals surface area (Å²) in [5.41, 5.74) is 6.69. The van der Waals surface area contributed by atoms with Crippen LogP contribution in [0.2, 0.25) is 0 Å². The minimum Gasteiger partial charge on any atom is -0.387 e. The van der Waals surface area contributed by atoms with E-state index in [1.807, 2.05) is 0 Å². The zero-order valence-corrected chi connectivity index (χ0v) is 11.4. The molecule has 0 unspecified atom stereocenters. The molecule has 0 aromatic carbocycles. The molecule has 2 aliphatic carbocycles. The second-order valence-corrected chi connectivity index (χ2v) is 6.14. The van der Waals surface area contributed by atoms with Gasteiger partial charge in [0.05, 0.1) is 5.84 Å². The molecule has 0 aliphatic heterocycles. The van der Waals surface area contributed by atoms with E-state index in [1.54, 1.807) is 0 Å². The molecular formula is C15H28N2. The van der Waals surface area contributed by atoms with Crippen molar-refractivity contribution in [2.24, 2.45) is 22.1 Å². The van der Waals surface area contributed by atoms with Gasteiger partial charge < -0.3 is 5.73 Å². The second-order valence-electron chi connectivity index (χ2n) is 6.14. The molecular weight excluding hydrogens is 208 g/mol. The van der Waals surface area contributed by atoms with Crippen LogP contribution in [0.15, 0.2) is 4.99 Å². The van der Waals surface area contributed by atoms with Crippen molar-refractivity contribution in [3.63, 3.8) is 0 Å². The van der Waals surface area contributed by atoms with Gasteiger partial charge in [-0.05, 0) is 37.5 Å². The molecule has 17 heavy (non-hydrogen) atoms. The minimum absolute atomic E-state index is 0.499. The third-order valence-electron chi connectivity index (χ3n) is 5.03. The first-order chi connectivity index (χ1) is 8.26. The van der Waals surface area contributed by atoms with Crippen LogP contribution in [0.5, 0.6) is 0 Å². The first-order valence-electron chi connectivity index (χ1n) is 7.56. The highest BCUT2D eigenvalue weighted by molar-refractivity contribution is 5.82. The van der Waals surface area contributed by atoms with E-state index in [1.165, 1.54) is 64.2 Å². The predicted molar refractivity (Wildman–Crippen MR) is 74.3 cm³/mol. The third-order valence-corrected chi connectivity index (χ3v) is 5.03. The molecule has 2 N–H and O–H groups in total. The molecule has 0 amide bonds. The van der Waals surface area contributed by atoms with E-state index in [9.17, 15) is 0 Å². The summed E-state index contributed by atoms with van der Waals surface area (Å²) in [5, 5.41) is 0. The van der Waals surface area contributed by atoms with Gasteiger partial charge >= 0.3 is 0 Å². The number of rotatable bonds is 4. The van der Waals surface area contributed by atoms with Crippen molar-refractivity contribution >= 4 is 5.84 Å². The van der Waals surface area contributed by atoms with Crippen molar-refractivity contribution in [2.45, 2.75) is 71.1 Å². The monoisotopic (exact) mass is 236 g/mol. The van der Waals surface area contributed by atoms with Gasteiger partial charge in [-0.2, -0.15) is 0 Å². The molecule has 2 aliphatic rings. The van der Waals surface area contributed by atoms with Crippen LogP contribution in [0.25, 0.3) is 0 Å². The number of hydrogen-bond donors (Lipinski definition) is 1. The first-order valence-corrected chi connectivity index (χ1v) is 7.56. The van der Waals surface area contributed by atoms with Crippen LogP contribution in [-0.2, 0) is 0 Å². The van der Waals surface area contributed by atoms with Crippen LogP contribution in [-0.4, -0.2) is 12.4 Å². The lowest BCUT2D eigenvalue weighted by atomic mass is 9.83. The van der Waals surface area contributed by atoms with E-state index in [2.05, 4.69) is 6.92 Å². The summed E-state index contributed by atoms with van der Waals surface area (Å²) in [6, 6.07) is 0. The van der Waals surface area contributed by atoms with Crippen molar-refractivity contribution < 1.29 is 0 Å². The van der Waals surface area contributed by atoms with E-state index in [0.29, 0.717) is 11.3 Å². The van der Waals surface area contributed by atoms with Crippen LogP contribution in [0, 0.1) is 11.3 Å². The van der Waals surface area contributed by atoms with Crippen LogP contribution >= 0.6 is 0 Å². The Labute approximate surface area is 106 Å². The fraction of sp³-hybridized carbons (Fsp3) is 0.933. The van der Waals surface area contributed by atoms with Crippen LogP contribution < -0.4 is 5.73 Å². The lowest BCUT2D eigenvalue weighted by Gasteiger charge is -2.27. The highest BCUT2D eigenvalue weighted by Gasteiger charge is 2.31. The van der Waals surface area contributed by atoms with Crippen molar-refractivity contribution in [1.82, 2.24) is 0 Å². The Morgan fingerprint density at radius 3 is 2.35 bits per heavy atom. The average molecular weight is 236 g/mol. The molecule has 0 bridgehead atoms. The maximum absolute atomic E-state index is 6.19. The first kappa shape index (κ1) is 12.9. The zero-order chi connectivity index (χ0) is 12.1. The van der Waals surface area contributed by atoms with E-state index < -0.39 is 0 Å². The Hall–Kier alpha value is -0.530. The maximum Gasteiger partial charge on any atom is 0.0968 e. The summed E-state index contributed by atoms with van der Waals surface area (Å²) in [5.74, 6) is 1.56. The highest BCUT2D eigenvalue weighted by Crippen LogP contribution is 2.41. The Kier molecular flexibility index (Phi) is 4.47. The highest BCUT2D eigenvalue weighted by atomic mass is 14.9. The van der Waals surface area contributed by atoms with Crippen molar-refractivity contribution in [3.8, 4) is 0 Å². The molecule has 0 atom stereocenters. The average Bonchev–Trinajstić information content (AvgIpc) is 2.86. The summed E-state index contributed by atoms with van der Waals surface area (Å²) < 4.78 is 0. The van der Waals surface area contributed by atoms with Crippen molar-refractivity contribution in [3.05, 3.63) is 0 Å². The summed E-state index contributed by atoms with van der Waals surface area (Å²) >= 11 is 0. The van der Waals surface area contributed by atoms with Gasteiger partial charge in [-0.25, -0.2) is 0 Å². The minimum atomic E-state index is 0.499. The molecule has 2 heteroatoms. The quantitative estimate of drug-likeness (QED) is 0.583. The lowest BCUT2D eigenvalue weighted by Crippen LogP contribution is -2.28. The number of nitrogens with zero attached hydrogens (tertiary/aromatic N) is 1. The molecule has 0 spiro atoms. The molecule has 98 valence electrons. The van der Waals surface area contributed by atoms with Gasteiger partial charge in [0, 0.05) is 12.5 Å². The van der Waals surface area contributed by atoms with E-state index in [4.69, 9.17) is 10.7 Å². The topological polar surface area (TPSA) is 38.4 Å². The number of nitrogens with two attached hydrogens (primary N) is 1. The SMILES string of the molecule is CCC1(CN=C(N)C2CCCCC2)CCCC1. The molecule has 2 nitrogen and oxygen atoms in total. The summed E-state index contributed by atoms with van der Waals surface area (Å²) in [4.78, 5) is 4.77. The lowest BCUT2D eigenvalue weighted by molar-refractivity contribution is 0.296. The molecule has 2 rings (SSSR count). The largest absolute Gasteiger partial charge is 0.387 e. The molecule has 0 radical (unpaired) electrons. The van der Waals surface area contributed by atoms with Crippen molar-refractivity contribution in [2.75, 3.05) is 6.54 Å². The fourth-order valence-corrected chi connectivity index (χ4v) is 3.53. The van der Waals surface area contributed by atoms with Crippen molar-refractivity contribution in [1.29, 1.82) is 0 Å². The van der Waals surface area contributed by atoms with E-state index in [0.717, 1.165) is 12.4 Å². The smallest absolute Gasteiger partial charge is 0.0968 e. The van der Waals surface area contributed by atoms with Gasteiger partial charge in [0.25, 0.3) is 0 Å². The summed E-state index contributed by atoms with van der Waals surface area (Å²) in [7, 11) is 0. The van der Waals surface area contributed by atoms with Gasteiger partial charge in [-0.3, -0.25) is 4.99 Å². The van der Waals surface area contributed by atoms with Gasteiger partial charge in [0.2, 0.25) is 0 Å². The van der Waals surface area contributed by atoms with Gasteiger partial charge in [0.15, 0.2) is 0 Å². The third kappa shape index (κ3) is 3.23. The summed E-state index contributed by atoms with van der Waals surface area (Å²) in [6.07, 6.45) is 13.4. The normalized spacial score (nSPS) is 26.3. The Morgan fingerprint density at radius 2 is 1.76 bits per heavy atom. The van der Waals surface area contributed by atoms with Gasteiger partial charge in [-0.1, -0.05) is 39.0 Å². The fourth-order valence-electron chi connectivity index (χ4n) is 3.53. The molecule has 2 fully saturated rings. The predicted octanol–water partition coefficient (Wildman–Crippen LogP) is 3.89. The number of amidine groups is 1. The van der Waals surface area contributed by atoms with Crippen LogP contribution in [0.4, 0.5) is 0 Å². The van der Waals surface area contributed by atoms with Gasteiger partial charge in [-0.15, -0.1) is 0 Å². The van der Waals surface area contributed by atoms with Crippen LogP contribution in [0.1, 0.15) is 71.1 Å². The molecule has 2 saturated carbocycles. The van der Waals surface area contributed by atoms with Gasteiger partial charge in [0.1, 0.15) is 0 Å². The Bertz CT molecular complexity index is 258. The second kappa shape index (κ2) is 5.88. The van der Waals surface area contributed by atoms with E-state index in [-0.39, 0.29) is 0 Å². The zero-order valence-electron chi connectivity index (χ0n) is 11.4. The Balaban J connectivity index is 1.89.